The molecule has 0 radical (unpaired) electrons. The van der Waals surface area contributed by atoms with E-state index in [-0.39, 0.29) is 11.8 Å². The average molecular weight is 265 g/mol. The lowest BCUT2D eigenvalue weighted by Gasteiger charge is -2.31. The first kappa shape index (κ1) is 14.1. The Balaban J connectivity index is 1.94. The van der Waals surface area contributed by atoms with Gasteiger partial charge in [0.25, 0.3) is 0 Å². The van der Waals surface area contributed by atoms with Crippen molar-refractivity contribution < 1.29 is 9.32 Å². The van der Waals surface area contributed by atoms with Crippen molar-refractivity contribution in [3.63, 3.8) is 0 Å². The van der Waals surface area contributed by atoms with Crippen LogP contribution in [-0.4, -0.2) is 24.2 Å². The summed E-state index contributed by atoms with van der Waals surface area (Å²) in [7, 11) is 0. The van der Waals surface area contributed by atoms with E-state index in [0.29, 0.717) is 12.5 Å². The topological polar surface area (TPSA) is 67.2 Å². The third kappa shape index (κ3) is 2.97. The minimum absolute atomic E-state index is 0.0660. The molecule has 0 aromatic carbocycles. The summed E-state index contributed by atoms with van der Waals surface area (Å²) in [6.07, 6.45) is 1.64. The molecular weight excluding hydrogens is 242 g/mol. The van der Waals surface area contributed by atoms with Gasteiger partial charge in [-0.2, -0.15) is 0 Å². The Morgan fingerprint density at radius 3 is 2.74 bits per heavy atom. The minimum atomic E-state index is 0.0660. The zero-order chi connectivity index (χ0) is 13.8. The number of hydrogen-bond donors (Lipinski definition) is 2. The molecule has 0 spiro atoms. The van der Waals surface area contributed by atoms with Crippen LogP contribution in [0.2, 0.25) is 0 Å². The lowest BCUT2D eigenvalue weighted by atomic mass is 9.88. The van der Waals surface area contributed by atoms with Crippen LogP contribution in [-0.2, 0) is 24.2 Å². The molecule has 1 unspecified atom stereocenters. The van der Waals surface area contributed by atoms with Crippen LogP contribution >= 0.6 is 0 Å². The first-order valence-corrected chi connectivity index (χ1v) is 7.12. The van der Waals surface area contributed by atoms with Crippen LogP contribution in [0.5, 0.6) is 0 Å². The summed E-state index contributed by atoms with van der Waals surface area (Å²) in [5, 5.41) is 10.3. The molecule has 2 heterocycles. The van der Waals surface area contributed by atoms with E-state index >= 15 is 0 Å². The smallest absolute Gasteiger partial charge is 0.223 e. The van der Waals surface area contributed by atoms with Gasteiger partial charge in [0.05, 0.1) is 5.69 Å². The van der Waals surface area contributed by atoms with Crippen molar-refractivity contribution in [1.82, 2.24) is 15.8 Å². The summed E-state index contributed by atoms with van der Waals surface area (Å²) < 4.78 is 5.30. The molecule has 5 heteroatoms. The molecule has 2 N–H and O–H groups in total. The quantitative estimate of drug-likeness (QED) is 0.813. The van der Waals surface area contributed by atoms with E-state index < -0.39 is 0 Å². The lowest BCUT2D eigenvalue weighted by Crippen LogP contribution is -2.49. The number of nitrogens with one attached hydrogen (secondary N) is 2. The number of carbonyl (C=O) groups is 1. The zero-order valence-electron chi connectivity index (χ0n) is 12.0. The minimum Gasteiger partial charge on any atom is -0.361 e. The van der Waals surface area contributed by atoms with Crippen LogP contribution in [0.3, 0.4) is 0 Å². The second-order valence-electron chi connectivity index (χ2n) is 5.16. The third-order valence-electron chi connectivity index (χ3n) is 3.98. The van der Waals surface area contributed by atoms with Crippen molar-refractivity contribution in [3.05, 3.63) is 17.0 Å². The maximum Gasteiger partial charge on any atom is 0.223 e. The monoisotopic (exact) mass is 265 g/mol. The number of carbonyl (C=O) groups excluding carboxylic acids is 1. The Labute approximate surface area is 114 Å². The average Bonchev–Trinajstić information content (AvgIpc) is 2.75. The summed E-state index contributed by atoms with van der Waals surface area (Å²) in [5.41, 5.74) is 2.01. The van der Waals surface area contributed by atoms with Gasteiger partial charge in [-0.05, 0) is 25.4 Å². The van der Waals surface area contributed by atoms with Crippen molar-refractivity contribution in [2.75, 3.05) is 13.1 Å². The summed E-state index contributed by atoms with van der Waals surface area (Å²) in [6, 6.07) is 0. The molecule has 2 rings (SSSR count). The molecule has 1 saturated heterocycles. The summed E-state index contributed by atoms with van der Waals surface area (Å²) in [6.45, 7) is 8.50. The second kappa shape index (κ2) is 6.19. The molecule has 1 aliphatic rings. The SMILES string of the molecule is CCc1noc(CC)c1CNC(=O)C(C)C1CNC1. The van der Waals surface area contributed by atoms with Gasteiger partial charge in [0.2, 0.25) is 5.91 Å². The Morgan fingerprint density at radius 1 is 1.47 bits per heavy atom. The highest BCUT2D eigenvalue weighted by Crippen LogP contribution is 2.18. The first-order chi connectivity index (χ1) is 9.17. The maximum atomic E-state index is 12.1. The summed E-state index contributed by atoms with van der Waals surface area (Å²) >= 11 is 0. The van der Waals surface area contributed by atoms with Gasteiger partial charge >= 0.3 is 0 Å². The fourth-order valence-electron chi connectivity index (χ4n) is 2.35. The maximum absolute atomic E-state index is 12.1. The van der Waals surface area contributed by atoms with Crippen LogP contribution < -0.4 is 10.6 Å². The Kier molecular flexibility index (Phi) is 4.58. The number of aryl methyl sites for hydroxylation is 2. The second-order valence-corrected chi connectivity index (χ2v) is 5.16. The highest BCUT2D eigenvalue weighted by molar-refractivity contribution is 5.78. The van der Waals surface area contributed by atoms with Crippen LogP contribution in [0.15, 0.2) is 4.52 Å². The Morgan fingerprint density at radius 2 is 2.21 bits per heavy atom. The van der Waals surface area contributed by atoms with Gasteiger partial charge in [0, 0.05) is 24.4 Å². The number of hydrogen-bond acceptors (Lipinski definition) is 4. The van der Waals surface area contributed by atoms with E-state index in [4.69, 9.17) is 4.52 Å². The molecule has 1 aliphatic heterocycles. The van der Waals surface area contributed by atoms with Gasteiger partial charge in [-0.25, -0.2) is 0 Å². The molecule has 5 nitrogen and oxygen atoms in total. The highest BCUT2D eigenvalue weighted by atomic mass is 16.5. The first-order valence-electron chi connectivity index (χ1n) is 7.12. The van der Waals surface area contributed by atoms with Gasteiger partial charge in [-0.1, -0.05) is 25.9 Å². The van der Waals surface area contributed by atoms with E-state index in [2.05, 4.69) is 15.8 Å². The Bertz CT molecular complexity index is 416. The lowest BCUT2D eigenvalue weighted by molar-refractivity contribution is -0.126. The molecule has 0 saturated carbocycles. The van der Waals surface area contributed by atoms with Crippen molar-refractivity contribution in [2.24, 2.45) is 11.8 Å². The third-order valence-corrected chi connectivity index (χ3v) is 3.98. The predicted molar refractivity (Wildman–Crippen MR) is 72.6 cm³/mol. The number of rotatable bonds is 6. The van der Waals surface area contributed by atoms with Crippen LogP contribution in [0.4, 0.5) is 0 Å². The summed E-state index contributed by atoms with van der Waals surface area (Å²) in [5.74, 6) is 1.54. The van der Waals surface area contributed by atoms with Gasteiger partial charge in [0.15, 0.2) is 0 Å². The van der Waals surface area contributed by atoms with Crippen molar-refractivity contribution in [2.45, 2.75) is 40.2 Å². The predicted octanol–water partition coefficient (Wildman–Crippen LogP) is 1.27. The molecule has 0 bridgehead atoms. The number of amides is 1. The van der Waals surface area contributed by atoms with Crippen molar-refractivity contribution in [3.8, 4) is 0 Å². The van der Waals surface area contributed by atoms with E-state index in [0.717, 1.165) is 42.9 Å². The fourth-order valence-corrected chi connectivity index (χ4v) is 2.35. The molecule has 1 aromatic rings. The van der Waals surface area contributed by atoms with Gasteiger partial charge in [-0.15, -0.1) is 0 Å². The van der Waals surface area contributed by atoms with Gasteiger partial charge in [0.1, 0.15) is 5.76 Å². The Hall–Kier alpha value is -1.36. The van der Waals surface area contributed by atoms with Crippen molar-refractivity contribution >= 4 is 5.91 Å². The molecule has 106 valence electrons. The fraction of sp³-hybridized carbons (Fsp3) is 0.714. The van der Waals surface area contributed by atoms with E-state index in [1.807, 2.05) is 20.8 Å². The molecule has 1 aromatic heterocycles. The normalized spacial score (nSPS) is 17.0. The zero-order valence-corrected chi connectivity index (χ0v) is 12.0. The van der Waals surface area contributed by atoms with Crippen molar-refractivity contribution in [1.29, 1.82) is 0 Å². The van der Waals surface area contributed by atoms with Gasteiger partial charge in [-0.3, -0.25) is 4.79 Å². The van der Waals surface area contributed by atoms with Crippen LogP contribution in [0.25, 0.3) is 0 Å². The molecule has 19 heavy (non-hydrogen) atoms. The van der Waals surface area contributed by atoms with E-state index in [9.17, 15) is 4.79 Å². The molecular formula is C14H23N3O2. The summed E-state index contributed by atoms with van der Waals surface area (Å²) in [4.78, 5) is 12.1. The number of nitrogens with zero attached hydrogens (tertiary/aromatic N) is 1. The largest absolute Gasteiger partial charge is 0.361 e. The van der Waals surface area contributed by atoms with Gasteiger partial charge < -0.3 is 15.2 Å². The molecule has 1 amide bonds. The van der Waals surface area contributed by atoms with E-state index in [1.165, 1.54) is 0 Å². The number of aromatic nitrogens is 1. The standard InChI is InChI=1S/C14H23N3O2/c1-4-12-11(13(5-2)19-17-12)8-16-14(18)9(3)10-6-15-7-10/h9-10,15H,4-8H2,1-3H3,(H,16,18). The molecule has 1 fully saturated rings. The van der Waals surface area contributed by atoms with Crippen LogP contribution in [0.1, 0.15) is 37.8 Å². The molecule has 0 aliphatic carbocycles. The molecule has 1 atom stereocenters. The van der Waals surface area contributed by atoms with E-state index in [1.54, 1.807) is 0 Å². The highest BCUT2D eigenvalue weighted by Gasteiger charge is 2.28. The van der Waals surface area contributed by atoms with Crippen LogP contribution in [0, 0.1) is 11.8 Å².